The van der Waals surface area contributed by atoms with Crippen LogP contribution in [-0.2, 0) is 0 Å². The average Bonchev–Trinajstić information content (AvgIpc) is 2.15. The van der Waals surface area contributed by atoms with Crippen molar-refractivity contribution in [2.75, 3.05) is 12.4 Å². The summed E-state index contributed by atoms with van der Waals surface area (Å²) < 4.78 is 0. The number of hydrogen-bond donors (Lipinski definition) is 1. The van der Waals surface area contributed by atoms with E-state index >= 15 is 0 Å². The van der Waals surface area contributed by atoms with Crippen LogP contribution in [0.3, 0.4) is 0 Å². The van der Waals surface area contributed by atoms with Gasteiger partial charge in [0.1, 0.15) is 10.2 Å². The molecule has 0 aromatic rings. The Balaban J connectivity index is 2.63. The number of nitrogens with zero attached hydrogens (tertiary/aromatic N) is 1. The highest BCUT2D eigenvalue weighted by Crippen LogP contribution is 2.29. The van der Waals surface area contributed by atoms with E-state index in [2.05, 4.69) is 6.92 Å². The van der Waals surface area contributed by atoms with Crippen LogP contribution in [0.4, 0.5) is 0 Å². The largest absolute Gasteiger partial charge is 0.391 e. The number of thioether (sulfide) groups is 1. The molecular weight excluding hydrogens is 156 g/mol. The summed E-state index contributed by atoms with van der Waals surface area (Å²) >= 11 is 7.38. The highest BCUT2D eigenvalue weighted by Gasteiger charge is 2.16. The minimum Gasteiger partial charge on any atom is -0.391 e. The lowest BCUT2D eigenvalue weighted by Gasteiger charge is -2.12. The van der Waals surface area contributed by atoms with Crippen LogP contribution in [-0.4, -0.2) is 17.3 Å². The fourth-order valence-electron chi connectivity index (χ4n) is 0.650. The number of rotatable bonds is 1. The highest BCUT2D eigenvalue weighted by atomic mass is 35.5. The van der Waals surface area contributed by atoms with Gasteiger partial charge in [0, 0.05) is 6.54 Å². The van der Waals surface area contributed by atoms with Crippen LogP contribution < -0.4 is 5.73 Å². The Kier molecular flexibility index (Phi) is 2.13. The first-order valence-corrected chi connectivity index (χ1v) is 4.15. The van der Waals surface area contributed by atoms with Gasteiger partial charge in [-0.25, -0.2) is 0 Å². The molecule has 0 aromatic heterocycles. The Labute approximate surface area is 64.0 Å². The second-order valence-corrected chi connectivity index (χ2v) is 3.13. The van der Waals surface area contributed by atoms with Crippen LogP contribution in [0.5, 0.6) is 0 Å². The quantitative estimate of drug-likeness (QED) is 0.594. The molecule has 9 heavy (non-hydrogen) atoms. The van der Waals surface area contributed by atoms with Gasteiger partial charge in [0.25, 0.3) is 0 Å². The molecule has 1 heterocycles. The minimum absolute atomic E-state index is 0.711. The standard InChI is InChI=1S/C5H9ClN2S/c1-2-8-3-9-5(7)4(8)6/h2-3,7H2,1H3. The molecule has 2 nitrogen and oxygen atoms in total. The molecule has 0 amide bonds. The zero-order valence-corrected chi connectivity index (χ0v) is 6.80. The molecule has 0 saturated heterocycles. The van der Waals surface area contributed by atoms with Crippen LogP contribution in [0.1, 0.15) is 6.92 Å². The van der Waals surface area contributed by atoms with Crippen molar-refractivity contribution in [1.29, 1.82) is 0 Å². The molecule has 0 radical (unpaired) electrons. The van der Waals surface area contributed by atoms with E-state index in [4.69, 9.17) is 17.3 Å². The molecule has 0 fully saturated rings. The van der Waals surface area contributed by atoms with Gasteiger partial charge in [-0.1, -0.05) is 23.4 Å². The third kappa shape index (κ3) is 1.27. The SMILES string of the molecule is CCN1CSC(N)=C1Cl. The average molecular weight is 165 g/mol. The van der Waals surface area contributed by atoms with E-state index in [1.54, 1.807) is 11.8 Å². The Hall–Kier alpha value is -0.0200. The van der Waals surface area contributed by atoms with E-state index < -0.39 is 0 Å². The summed E-state index contributed by atoms with van der Waals surface area (Å²) in [6, 6.07) is 0. The van der Waals surface area contributed by atoms with Crippen molar-refractivity contribution in [3.05, 3.63) is 10.2 Å². The van der Waals surface area contributed by atoms with E-state index in [1.165, 1.54) is 0 Å². The molecule has 0 bridgehead atoms. The number of nitrogens with two attached hydrogens (primary N) is 1. The lowest BCUT2D eigenvalue weighted by atomic mass is 10.6. The van der Waals surface area contributed by atoms with Crippen molar-refractivity contribution < 1.29 is 0 Å². The van der Waals surface area contributed by atoms with E-state index in [0.717, 1.165) is 17.5 Å². The van der Waals surface area contributed by atoms with Gasteiger partial charge in [-0.3, -0.25) is 0 Å². The first kappa shape index (κ1) is 7.09. The van der Waals surface area contributed by atoms with E-state index in [0.29, 0.717) is 5.16 Å². The van der Waals surface area contributed by atoms with Crippen molar-refractivity contribution in [2.24, 2.45) is 5.73 Å². The number of halogens is 1. The van der Waals surface area contributed by atoms with Gasteiger partial charge < -0.3 is 10.6 Å². The molecular formula is C5H9ClN2S. The third-order valence-electron chi connectivity index (χ3n) is 1.24. The van der Waals surface area contributed by atoms with Crippen molar-refractivity contribution in [3.8, 4) is 0 Å². The van der Waals surface area contributed by atoms with Gasteiger partial charge in [-0.05, 0) is 6.92 Å². The molecule has 0 unspecified atom stereocenters. The predicted octanol–water partition coefficient (Wildman–Crippen LogP) is 1.34. The fraction of sp³-hybridized carbons (Fsp3) is 0.600. The summed E-state index contributed by atoms with van der Waals surface area (Å²) in [5.74, 6) is 0.904. The van der Waals surface area contributed by atoms with E-state index in [-0.39, 0.29) is 0 Å². The molecule has 0 atom stereocenters. The third-order valence-corrected chi connectivity index (χ3v) is 2.74. The maximum absolute atomic E-state index is 5.79. The Bertz CT molecular complexity index is 146. The van der Waals surface area contributed by atoms with Crippen LogP contribution in [0.2, 0.25) is 0 Å². The van der Waals surface area contributed by atoms with E-state index in [1.807, 2.05) is 4.90 Å². The summed E-state index contributed by atoms with van der Waals surface area (Å²) in [6.07, 6.45) is 0. The summed E-state index contributed by atoms with van der Waals surface area (Å²) in [5.41, 5.74) is 5.51. The summed E-state index contributed by atoms with van der Waals surface area (Å²) in [4.78, 5) is 2.03. The predicted molar refractivity (Wildman–Crippen MR) is 41.9 cm³/mol. The first-order valence-electron chi connectivity index (χ1n) is 2.78. The van der Waals surface area contributed by atoms with Crippen LogP contribution in [0.15, 0.2) is 10.2 Å². The Morgan fingerprint density at radius 2 is 2.56 bits per heavy atom. The molecule has 0 aliphatic carbocycles. The first-order chi connectivity index (χ1) is 4.25. The minimum atomic E-state index is 0.711. The fourth-order valence-corrected chi connectivity index (χ4v) is 1.92. The normalized spacial score (nSPS) is 19.6. The number of hydrogen-bond acceptors (Lipinski definition) is 3. The lowest BCUT2D eigenvalue weighted by Crippen LogP contribution is -2.15. The van der Waals surface area contributed by atoms with Crippen molar-refractivity contribution in [3.63, 3.8) is 0 Å². The smallest absolute Gasteiger partial charge is 0.135 e. The van der Waals surface area contributed by atoms with Crippen LogP contribution in [0, 0.1) is 0 Å². The molecule has 1 aliphatic heterocycles. The zero-order chi connectivity index (χ0) is 6.85. The van der Waals surface area contributed by atoms with Crippen molar-refractivity contribution in [1.82, 2.24) is 4.90 Å². The molecule has 0 spiro atoms. The Morgan fingerprint density at radius 1 is 1.89 bits per heavy atom. The van der Waals surface area contributed by atoms with Crippen molar-refractivity contribution in [2.45, 2.75) is 6.92 Å². The Morgan fingerprint density at radius 3 is 2.78 bits per heavy atom. The highest BCUT2D eigenvalue weighted by molar-refractivity contribution is 8.03. The molecule has 52 valence electrons. The van der Waals surface area contributed by atoms with Crippen molar-refractivity contribution >= 4 is 23.4 Å². The summed E-state index contributed by atoms with van der Waals surface area (Å²) in [7, 11) is 0. The zero-order valence-electron chi connectivity index (χ0n) is 5.22. The monoisotopic (exact) mass is 164 g/mol. The van der Waals surface area contributed by atoms with Crippen LogP contribution >= 0.6 is 23.4 Å². The van der Waals surface area contributed by atoms with Gasteiger partial charge in [0.05, 0.1) is 5.88 Å². The molecule has 1 aliphatic rings. The maximum atomic E-state index is 5.79. The molecule has 0 saturated carbocycles. The topological polar surface area (TPSA) is 29.3 Å². The van der Waals surface area contributed by atoms with Crippen LogP contribution in [0.25, 0.3) is 0 Å². The van der Waals surface area contributed by atoms with Gasteiger partial charge in [-0.15, -0.1) is 0 Å². The van der Waals surface area contributed by atoms with Gasteiger partial charge in [0.15, 0.2) is 0 Å². The molecule has 1 rings (SSSR count). The summed E-state index contributed by atoms with van der Waals surface area (Å²) in [5, 5.41) is 1.46. The molecule has 0 aromatic carbocycles. The lowest BCUT2D eigenvalue weighted by molar-refractivity contribution is 0.459. The second kappa shape index (κ2) is 2.71. The van der Waals surface area contributed by atoms with Gasteiger partial charge >= 0.3 is 0 Å². The summed E-state index contributed by atoms with van der Waals surface area (Å²) in [6.45, 7) is 2.99. The molecule has 4 heteroatoms. The second-order valence-electron chi connectivity index (χ2n) is 1.78. The van der Waals surface area contributed by atoms with Gasteiger partial charge in [-0.2, -0.15) is 0 Å². The molecule has 2 N–H and O–H groups in total. The van der Waals surface area contributed by atoms with Gasteiger partial charge in [0.2, 0.25) is 0 Å². The maximum Gasteiger partial charge on any atom is 0.135 e. The van der Waals surface area contributed by atoms with E-state index in [9.17, 15) is 0 Å².